The van der Waals surface area contributed by atoms with E-state index >= 15 is 0 Å². The normalized spacial score (nSPS) is 15.7. The Labute approximate surface area is 117 Å². The topological polar surface area (TPSA) is 47.9 Å². The number of hydrogen-bond donors (Lipinski definition) is 1. The third kappa shape index (κ3) is 5.09. The molecule has 5 heteroatoms. The van der Waals surface area contributed by atoms with E-state index in [1.165, 1.54) is 12.8 Å². The average Bonchev–Trinajstić information content (AvgIpc) is 2.93. The number of aliphatic imine (C=N–C) groups is 1. The van der Waals surface area contributed by atoms with Crippen molar-refractivity contribution in [3.05, 3.63) is 0 Å². The van der Waals surface area contributed by atoms with Gasteiger partial charge in [0.1, 0.15) is 0 Å². The monoisotopic (exact) mass is 268 g/mol. The molecule has 0 radical (unpaired) electrons. The first-order valence-corrected chi connectivity index (χ1v) is 7.53. The first kappa shape index (κ1) is 15.8. The number of likely N-dealkylation sites (tertiary alicyclic amines) is 1. The zero-order chi connectivity index (χ0) is 14.1. The van der Waals surface area contributed by atoms with Gasteiger partial charge in [-0.05, 0) is 33.6 Å². The number of amides is 1. The highest BCUT2D eigenvalue weighted by atomic mass is 16.2. The molecule has 0 atom stereocenters. The maximum absolute atomic E-state index is 11.9. The van der Waals surface area contributed by atoms with E-state index in [0.29, 0.717) is 13.0 Å². The maximum Gasteiger partial charge on any atom is 0.224 e. The molecule has 1 fully saturated rings. The lowest BCUT2D eigenvalue weighted by molar-refractivity contribution is -0.130. The molecule has 110 valence electrons. The van der Waals surface area contributed by atoms with Crippen LogP contribution in [0.15, 0.2) is 4.99 Å². The molecule has 0 spiro atoms. The minimum atomic E-state index is 0.200. The zero-order valence-corrected chi connectivity index (χ0v) is 12.6. The molecule has 0 aromatic carbocycles. The molecular weight excluding hydrogens is 240 g/mol. The third-order valence-electron chi connectivity index (χ3n) is 3.44. The molecule has 0 saturated carbocycles. The predicted octanol–water partition coefficient (Wildman–Crippen LogP) is 1.31. The fourth-order valence-electron chi connectivity index (χ4n) is 2.35. The predicted molar refractivity (Wildman–Crippen MR) is 79.3 cm³/mol. The Morgan fingerprint density at radius 2 is 1.84 bits per heavy atom. The Morgan fingerprint density at radius 1 is 1.21 bits per heavy atom. The van der Waals surface area contributed by atoms with Crippen LogP contribution < -0.4 is 5.32 Å². The van der Waals surface area contributed by atoms with E-state index in [1.807, 2.05) is 18.7 Å². The van der Waals surface area contributed by atoms with Crippen molar-refractivity contribution in [1.29, 1.82) is 0 Å². The fourth-order valence-corrected chi connectivity index (χ4v) is 2.35. The largest absolute Gasteiger partial charge is 0.357 e. The summed E-state index contributed by atoms with van der Waals surface area (Å²) in [4.78, 5) is 20.6. The van der Waals surface area contributed by atoms with Crippen molar-refractivity contribution in [1.82, 2.24) is 15.1 Å². The van der Waals surface area contributed by atoms with Gasteiger partial charge in [-0.3, -0.25) is 9.79 Å². The second-order valence-electron chi connectivity index (χ2n) is 4.75. The third-order valence-corrected chi connectivity index (χ3v) is 3.44. The summed E-state index contributed by atoms with van der Waals surface area (Å²) in [5, 5.41) is 3.31. The number of carbonyl (C=O) groups is 1. The van der Waals surface area contributed by atoms with Gasteiger partial charge in [-0.2, -0.15) is 0 Å². The molecule has 1 amide bonds. The molecule has 19 heavy (non-hydrogen) atoms. The highest BCUT2D eigenvalue weighted by molar-refractivity contribution is 5.81. The number of guanidine groups is 1. The number of carbonyl (C=O) groups excluding carboxylic acids is 1. The van der Waals surface area contributed by atoms with Crippen LogP contribution in [0, 0.1) is 0 Å². The van der Waals surface area contributed by atoms with Crippen molar-refractivity contribution in [2.75, 3.05) is 39.3 Å². The number of hydrogen-bond acceptors (Lipinski definition) is 2. The van der Waals surface area contributed by atoms with Gasteiger partial charge in [0.25, 0.3) is 0 Å². The molecule has 0 unspecified atom stereocenters. The maximum atomic E-state index is 11.9. The van der Waals surface area contributed by atoms with Gasteiger partial charge in [-0.25, -0.2) is 0 Å². The molecule has 0 aromatic rings. The van der Waals surface area contributed by atoms with Crippen molar-refractivity contribution >= 4 is 11.9 Å². The molecule has 1 rings (SSSR count). The molecule has 1 heterocycles. The molecule has 1 N–H and O–H groups in total. The van der Waals surface area contributed by atoms with Crippen LogP contribution in [0.5, 0.6) is 0 Å². The van der Waals surface area contributed by atoms with Gasteiger partial charge in [0.05, 0.1) is 6.54 Å². The summed E-state index contributed by atoms with van der Waals surface area (Å²) in [5.74, 6) is 1.17. The summed E-state index contributed by atoms with van der Waals surface area (Å²) in [6.45, 7) is 11.3. The molecule has 1 aliphatic heterocycles. The summed E-state index contributed by atoms with van der Waals surface area (Å²) in [7, 11) is 0. The lowest BCUT2D eigenvalue weighted by Gasteiger charge is -2.21. The van der Waals surface area contributed by atoms with E-state index in [9.17, 15) is 4.79 Å². The number of nitrogens with zero attached hydrogens (tertiary/aromatic N) is 3. The molecule has 0 bridgehead atoms. The van der Waals surface area contributed by atoms with Crippen LogP contribution in [0.3, 0.4) is 0 Å². The van der Waals surface area contributed by atoms with Crippen molar-refractivity contribution in [2.24, 2.45) is 4.99 Å². The van der Waals surface area contributed by atoms with Gasteiger partial charge in [0.15, 0.2) is 5.96 Å². The molecule has 1 saturated heterocycles. The van der Waals surface area contributed by atoms with Crippen LogP contribution in [-0.4, -0.2) is 60.9 Å². The second-order valence-corrected chi connectivity index (χ2v) is 4.75. The lowest BCUT2D eigenvalue weighted by Crippen LogP contribution is -2.40. The Balaban J connectivity index is 2.44. The lowest BCUT2D eigenvalue weighted by atomic mass is 10.3. The Morgan fingerprint density at radius 3 is 2.37 bits per heavy atom. The SMILES string of the molecule is CCNC(=NCCC(=O)N(CC)CC)N1CCCC1. The van der Waals surface area contributed by atoms with Crippen LogP contribution in [0.2, 0.25) is 0 Å². The van der Waals surface area contributed by atoms with E-state index in [4.69, 9.17) is 0 Å². The van der Waals surface area contributed by atoms with Gasteiger partial charge in [0.2, 0.25) is 5.91 Å². The van der Waals surface area contributed by atoms with Gasteiger partial charge in [0, 0.05) is 39.1 Å². The Kier molecular flexibility index (Phi) is 7.30. The number of nitrogens with one attached hydrogen (secondary N) is 1. The second kappa shape index (κ2) is 8.77. The van der Waals surface area contributed by atoms with Crippen LogP contribution in [0.4, 0.5) is 0 Å². The average molecular weight is 268 g/mol. The highest BCUT2D eigenvalue weighted by Crippen LogP contribution is 2.07. The van der Waals surface area contributed by atoms with E-state index in [2.05, 4.69) is 22.1 Å². The molecule has 1 aliphatic rings. The van der Waals surface area contributed by atoms with Gasteiger partial charge in [-0.15, -0.1) is 0 Å². The minimum Gasteiger partial charge on any atom is -0.357 e. The van der Waals surface area contributed by atoms with Gasteiger partial charge in [-0.1, -0.05) is 0 Å². The smallest absolute Gasteiger partial charge is 0.224 e. The first-order chi connectivity index (χ1) is 9.22. The van der Waals surface area contributed by atoms with Crippen LogP contribution in [0.25, 0.3) is 0 Å². The van der Waals surface area contributed by atoms with Crippen LogP contribution in [0.1, 0.15) is 40.0 Å². The van der Waals surface area contributed by atoms with Crippen molar-refractivity contribution in [3.8, 4) is 0 Å². The molecule has 0 aromatic heterocycles. The summed E-state index contributed by atoms with van der Waals surface area (Å²) in [5.41, 5.74) is 0. The van der Waals surface area contributed by atoms with E-state index < -0.39 is 0 Å². The fraction of sp³-hybridized carbons (Fsp3) is 0.857. The summed E-state index contributed by atoms with van der Waals surface area (Å²) >= 11 is 0. The van der Waals surface area contributed by atoms with Gasteiger partial charge >= 0.3 is 0 Å². The van der Waals surface area contributed by atoms with Crippen molar-refractivity contribution in [2.45, 2.75) is 40.0 Å². The molecule has 0 aliphatic carbocycles. The Bertz CT molecular complexity index is 294. The Hall–Kier alpha value is -1.26. The summed E-state index contributed by atoms with van der Waals surface area (Å²) in [6, 6.07) is 0. The quantitative estimate of drug-likeness (QED) is 0.583. The first-order valence-electron chi connectivity index (χ1n) is 7.53. The van der Waals surface area contributed by atoms with E-state index in [-0.39, 0.29) is 5.91 Å². The summed E-state index contributed by atoms with van der Waals surface area (Å²) in [6.07, 6.45) is 2.98. The van der Waals surface area contributed by atoms with Crippen molar-refractivity contribution in [3.63, 3.8) is 0 Å². The summed E-state index contributed by atoms with van der Waals surface area (Å²) < 4.78 is 0. The van der Waals surface area contributed by atoms with E-state index in [1.54, 1.807) is 0 Å². The molecular formula is C14H28N4O. The highest BCUT2D eigenvalue weighted by Gasteiger charge is 2.15. The minimum absolute atomic E-state index is 0.200. The molecule has 5 nitrogen and oxygen atoms in total. The van der Waals surface area contributed by atoms with E-state index in [0.717, 1.165) is 38.7 Å². The number of rotatable bonds is 6. The standard InChI is InChI=1S/C14H28N4O/c1-4-15-14(18-11-7-8-12-18)16-10-9-13(19)17(5-2)6-3/h4-12H2,1-3H3,(H,15,16). The van der Waals surface area contributed by atoms with Crippen molar-refractivity contribution < 1.29 is 4.79 Å². The van der Waals surface area contributed by atoms with Crippen LogP contribution in [-0.2, 0) is 4.79 Å². The van der Waals surface area contributed by atoms with Gasteiger partial charge < -0.3 is 15.1 Å². The zero-order valence-electron chi connectivity index (χ0n) is 12.6. The van der Waals surface area contributed by atoms with Crippen LogP contribution >= 0.6 is 0 Å².